The number of ether oxygens (including phenoxy) is 1. The van der Waals surface area contributed by atoms with Gasteiger partial charge in [-0.3, -0.25) is 9.59 Å². The van der Waals surface area contributed by atoms with Gasteiger partial charge in [-0.2, -0.15) is 0 Å². The Balaban J connectivity index is 1.97. The molecule has 0 aromatic carbocycles. The van der Waals surface area contributed by atoms with E-state index in [9.17, 15) is 9.59 Å². The van der Waals surface area contributed by atoms with Crippen LogP contribution in [-0.4, -0.2) is 53.1 Å². The lowest BCUT2D eigenvalue weighted by atomic mass is 10.1. The standard InChI is InChI=1S/C18H29N3O3/c1-13(2)11-21-16(12-20-9-5-7-15(20)18(21)23)17(22)19-8-6-10-24-14(3)4/h5,7,9,13-14,16H,6,8,10-12H2,1-4H3,(H,19,22). The number of aromatic nitrogens is 1. The largest absolute Gasteiger partial charge is 0.379 e. The van der Waals surface area contributed by atoms with E-state index < -0.39 is 6.04 Å². The predicted octanol–water partition coefficient (Wildman–Crippen LogP) is 1.90. The fourth-order valence-corrected chi connectivity index (χ4v) is 2.89. The first-order valence-corrected chi connectivity index (χ1v) is 8.75. The van der Waals surface area contributed by atoms with Crippen LogP contribution in [0.2, 0.25) is 0 Å². The van der Waals surface area contributed by atoms with Crippen molar-refractivity contribution in [3.8, 4) is 0 Å². The zero-order chi connectivity index (χ0) is 17.7. The van der Waals surface area contributed by atoms with Gasteiger partial charge in [0, 0.05) is 25.9 Å². The highest BCUT2D eigenvalue weighted by Crippen LogP contribution is 2.20. The molecule has 1 atom stereocenters. The van der Waals surface area contributed by atoms with Crippen LogP contribution in [0.4, 0.5) is 0 Å². The first kappa shape index (κ1) is 18.5. The van der Waals surface area contributed by atoms with Crippen molar-refractivity contribution in [2.45, 2.75) is 52.8 Å². The number of hydrogen-bond donors (Lipinski definition) is 1. The first-order valence-electron chi connectivity index (χ1n) is 8.75. The average Bonchev–Trinajstić information content (AvgIpc) is 2.97. The lowest BCUT2D eigenvalue weighted by Gasteiger charge is -2.36. The van der Waals surface area contributed by atoms with Gasteiger partial charge in [0.25, 0.3) is 5.91 Å². The Morgan fingerprint density at radius 2 is 2.12 bits per heavy atom. The Morgan fingerprint density at radius 3 is 2.79 bits per heavy atom. The van der Waals surface area contributed by atoms with E-state index in [2.05, 4.69) is 19.2 Å². The molecule has 0 aliphatic carbocycles. The number of nitrogens with zero attached hydrogens (tertiary/aromatic N) is 2. The summed E-state index contributed by atoms with van der Waals surface area (Å²) in [5, 5.41) is 2.95. The lowest BCUT2D eigenvalue weighted by Crippen LogP contribution is -2.56. The van der Waals surface area contributed by atoms with E-state index in [1.807, 2.05) is 36.7 Å². The molecular formula is C18H29N3O3. The molecule has 2 amide bonds. The molecule has 0 fully saturated rings. The molecule has 0 saturated heterocycles. The number of rotatable bonds is 8. The second kappa shape index (κ2) is 8.33. The number of hydrogen-bond acceptors (Lipinski definition) is 3. The van der Waals surface area contributed by atoms with Crippen LogP contribution in [0.5, 0.6) is 0 Å². The van der Waals surface area contributed by atoms with E-state index in [0.29, 0.717) is 37.9 Å². The van der Waals surface area contributed by atoms with Gasteiger partial charge in [0.15, 0.2) is 0 Å². The maximum atomic E-state index is 12.7. The number of fused-ring (bicyclic) bond motifs is 1. The molecule has 1 aliphatic rings. The van der Waals surface area contributed by atoms with Crippen molar-refractivity contribution < 1.29 is 14.3 Å². The maximum absolute atomic E-state index is 12.7. The van der Waals surface area contributed by atoms with E-state index >= 15 is 0 Å². The third-order valence-electron chi connectivity index (χ3n) is 3.99. The summed E-state index contributed by atoms with van der Waals surface area (Å²) in [6, 6.07) is 3.21. The molecule has 6 heteroatoms. The molecule has 0 saturated carbocycles. The van der Waals surface area contributed by atoms with E-state index in [1.54, 1.807) is 4.90 Å². The third-order valence-corrected chi connectivity index (χ3v) is 3.99. The summed E-state index contributed by atoms with van der Waals surface area (Å²) >= 11 is 0. The van der Waals surface area contributed by atoms with Crippen molar-refractivity contribution >= 4 is 11.8 Å². The molecule has 0 bridgehead atoms. The van der Waals surface area contributed by atoms with Crippen LogP contribution in [0.25, 0.3) is 0 Å². The van der Waals surface area contributed by atoms with Crippen LogP contribution in [0.3, 0.4) is 0 Å². The molecule has 0 spiro atoms. The fraction of sp³-hybridized carbons (Fsp3) is 0.667. The Kier molecular flexibility index (Phi) is 6.43. The highest BCUT2D eigenvalue weighted by atomic mass is 16.5. The summed E-state index contributed by atoms with van der Waals surface area (Å²) in [5.74, 6) is 0.154. The molecule has 2 heterocycles. The Bertz CT molecular complexity index is 566. The first-order chi connectivity index (χ1) is 11.4. The summed E-state index contributed by atoms with van der Waals surface area (Å²) in [6.45, 7) is 10.4. The van der Waals surface area contributed by atoms with Crippen molar-refractivity contribution in [1.82, 2.24) is 14.8 Å². The molecule has 1 aliphatic heterocycles. The minimum Gasteiger partial charge on any atom is -0.379 e. The second-order valence-corrected chi connectivity index (χ2v) is 6.98. The smallest absolute Gasteiger partial charge is 0.271 e. The molecule has 2 rings (SSSR count). The molecule has 0 radical (unpaired) electrons. The molecule has 1 N–H and O–H groups in total. The van der Waals surface area contributed by atoms with Crippen molar-refractivity contribution in [2.75, 3.05) is 19.7 Å². The van der Waals surface area contributed by atoms with Crippen LogP contribution >= 0.6 is 0 Å². The van der Waals surface area contributed by atoms with E-state index in [4.69, 9.17) is 4.74 Å². The van der Waals surface area contributed by atoms with E-state index in [0.717, 1.165) is 6.42 Å². The van der Waals surface area contributed by atoms with Gasteiger partial charge in [-0.15, -0.1) is 0 Å². The van der Waals surface area contributed by atoms with Crippen LogP contribution in [-0.2, 0) is 16.1 Å². The Hall–Kier alpha value is -1.82. The van der Waals surface area contributed by atoms with Gasteiger partial charge < -0.3 is 19.5 Å². The second-order valence-electron chi connectivity index (χ2n) is 6.98. The lowest BCUT2D eigenvalue weighted by molar-refractivity contribution is -0.126. The van der Waals surface area contributed by atoms with Gasteiger partial charge in [-0.25, -0.2) is 0 Å². The van der Waals surface area contributed by atoms with E-state index in [1.165, 1.54) is 0 Å². The fourth-order valence-electron chi connectivity index (χ4n) is 2.89. The van der Waals surface area contributed by atoms with Crippen LogP contribution in [0.1, 0.15) is 44.6 Å². The molecular weight excluding hydrogens is 306 g/mol. The molecule has 1 aromatic rings. The van der Waals surface area contributed by atoms with Crippen LogP contribution < -0.4 is 5.32 Å². The molecule has 24 heavy (non-hydrogen) atoms. The minimum atomic E-state index is -0.453. The number of carbonyl (C=O) groups is 2. The Morgan fingerprint density at radius 1 is 1.38 bits per heavy atom. The zero-order valence-corrected chi connectivity index (χ0v) is 15.1. The topological polar surface area (TPSA) is 63.6 Å². The van der Waals surface area contributed by atoms with Gasteiger partial charge in [0.1, 0.15) is 11.7 Å². The molecule has 1 unspecified atom stereocenters. The predicted molar refractivity (Wildman–Crippen MR) is 92.8 cm³/mol. The number of nitrogens with one attached hydrogen (secondary N) is 1. The summed E-state index contributed by atoms with van der Waals surface area (Å²) < 4.78 is 7.34. The van der Waals surface area contributed by atoms with Crippen molar-refractivity contribution in [3.63, 3.8) is 0 Å². The number of amides is 2. The highest BCUT2D eigenvalue weighted by molar-refractivity contribution is 5.97. The van der Waals surface area contributed by atoms with Crippen LogP contribution in [0, 0.1) is 5.92 Å². The molecule has 1 aromatic heterocycles. The van der Waals surface area contributed by atoms with Crippen molar-refractivity contribution in [3.05, 3.63) is 24.0 Å². The van der Waals surface area contributed by atoms with Gasteiger partial charge in [0.2, 0.25) is 5.91 Å². The number of carbonyl (C=O) groups excluding carboxylic acids is 2. The monoisotopic (exact) mass is 335 g/mol. The molecule has 6 nitrogen and oxygen atoms in total. The molecule has 134 valence electrons. The SMILES string of the molecule is CC(C)CN1C(=O)c2cccn2CC1C(=O)NCCCOC(C)C. The normalized spacial score (nSPS) is 17.5. The van der Waals surface area contributed by atoms with Gasteiger partial charge in [-0.05, 0) is 38.3 Å². The summed E-state index contributed by atoms with van der Waals surface area (Å²) in [4.78, 5) is 27.0. The van der Waals surface area contributed by atoms with Gasteiger partial charge in [0.05, 0.1) is 12.6 Å². The van der Waals surface area contributed by atoms with E-state index in [-0.39, 0.29) is 17.9 Å². The summed E-state index contributed by atoms with van der Waals surface area (Å²) in [6.07, 6.45) is 2.82. The van der Waals surface area contributed by atoms with Gasteiger partial charge >= 0.3 is 0 Å². The van der Waals surface area contributed by atoms with Crippen molar-refractivity contribution in [1.29, 1.82) is 0 Å². The van der Waals surface area contributed by atoms with Crippen molar-refractivity contribution in [2.24, 2.45) is 5.92 Å². The quantitative estimate of drug-likeness (QED) is 0.738. The third kappa shape index (κ3) is 4.60. The summed E-state index contributed by atoms with van der Waals surface area (Å²) in [5.41, 5.74) is 0.657. The minimum absolute atomic E-state index is 0.0664. The zero-order valence-electron chi connectivity index (χ0n) is 15.1. The summed E-state index contributed by atoms with van der Waals surface area (Å²) in [7, 11) is 0. The maximum Gasteiger partial charge on any atom is 0.271 e. The van der Waals surface area contributed by atoms with Gasteiger partial charge in [-0.1, -0.05) is 13.8 Å². The highest BCUT2D eigenvalue weighted by Gasteiger charge is 2.36. The van der Waals surface area contributed by atoms with Crippen LogP contribution in [0.15, 0.2) is 18.3 Å². The Labute approximate surface area is 144 Å². The average molecular weight is 335 g/mol.